The van der Waals surface area contributed by atoms with Gasteiger partial charge in [0.15, 0.2) is 0 Å². The zero-order valence-electron chi connectivity index (χ0n) is 11.3. The van der Waals surface area contributed by atoms with Gasteiger partial charge in [-0.2, -0.15) is 0 Å². The van der Waals surface area contributed by atoms with Gasteiger partial charge in [0, 0.05) is 18.7 Å². The zero-order chi connectivity index (χ0) is 14.7. The predicted octanol–water partition coefficient (Wildman–Crippen LogP) is 2.25. The Balaban J connectivity index is 1.95. The quantitative estimate of drug-likeness (QED) is 0.658. The predicted molar refractivity (Wildman–Crippen MR) is 76.0 cm³/mol. The highest BCUT2D eigenvalue weighted by molar-refractivity contribution is 7.14. The molecule has 0 bridgehead atoms. The Kier molecular flexibility index (Phi) is 4.72. The third kappa shape index (κ3) is 3.34. The van der Waals surface area contributed by atoms with Crippen LogP contribution in [0.3, 0.4) is 0 Å². The maximum absolute atomic E-state index is 12.1. The second-order valence-corrected chi connectivity index (χ2v) is 6.44. The summed E-state index contributed by atoms with van der Waals surface area (Å²) in [6.45, 7) is 1.85. The monoisotopic (exact) mass is 298 g/mol. The molecule has 1 heterocycles. The molecule has 1 aromatic heterocycles. The number of carbonyl (C=O) groups is 1. The highest BCUT2D eigenvalue weighted by Crippen LogP contribution is 2.29. The smallest absolute Gasteiger partial charge is 0.283 e. The zero-order valence-corrected chi connectivity index (χ0v) is 12.1. The third-order valence-corrected chi connectivity index (χ3v) is 4.79. The summed E-state index contributed by atoms with van der Waals surface area (Å²) in [5, 5.41) is 22.8. The Hall–Kier alpha value is -1.47. The van der Waals surface area contributed by atoms with E-state index >= 15 is 0 Å². The molecular formula is C13H18N2O4S. The summed E-state index contributed by atoms with van der Waals surface area (Å²) in [5.74, 6) is 0.104. The molecule has 1 aliphatic rings. The second-order valence-electron chi connectivity index (χ2n) is 5.18. The number of nitro groups is 1. The Labute approximate surface area is 121 Å². The number of aliphatic hydroxyl groups excluding tert-OH is 1. The maximum atomic E-state index is 12.1. The van der Waals surface area contributed by atoms with Gasteiger partial charge in [-0.15, -0.1) is 11.3 Å². The molecule has 2 N–H and O–H groups in total. The number of carbonyl (C=O) groups excluding carboxylic acids is 1. The van der Waals surface area contributed by atoms with Crippen molar-refractivity contribution >= 4 is 22.9 Å². The molecule has 0 aliphatic heterocycles. The normalized spacial score (nSPS) is 22.5. The van der Waals surface area contributed by atoms with Gasteiger partial charge in [0.2, 0.25) is 0 Å². The molecule has 0 saturated heterocycles. The van der Waals surface area contributed by atoms with Gasteiger partial charge in [-0.05, 0) is 38.5 Å². The van der Waals surface area contributed by atoms with E-state index in [4.69, 9.17) is 5.11 Å². The fourth-order valence-electron chi connectivity index (χ4n) is 2.51. The standard InChI is InChI=1S/C13H18N2O4S/c1-8-11(15(18)19)6-12(20-8)13(17)14-10-4-2-9(7-16)3-5-10/h6,9-10,16H,2-5,7H2,1H3,(H,14,17). The molecule has 7 heteroatoms. The van der Waals surface area contributed by atoms with Gasteiger partial charge < -0.3 is 10.4 Å². The highest BCUT2D eigenvalue weighted by atomic mass is 32.1. The van der Waals surface area contributed by atoms with Crippen molar-refractivity contribution in [1.29, 1.82) is 0 Å². The van der Waals surface area contributed by atoms with Crippen LogP contribution >= 0.6 is 11.3 Å². The van der Waals surface area contributed by atoms with Crippen molar-refractivity contribution in [2.45, 2.75) is 38.6 Å². The maximum Gasteiger partial charge on any atom is 0.283 e. The number of hydrogen-bond acceptors (Lipinski definition) is 5. The van der Waals surface area contributed by atoms with Crippen molar-refractivity contribution in [2.24, 2.45) is 5.92 Å². The van der Waals surface area contributed by atoms with Crippen molar-refractivity contribution in [3.8, 4) is 0 Å². The average molecular weight is 298 g/mol. The number of aliphatic hydroxyl groups is 1. The molecule has 6 nitrogen and oxygen atoms in total. The minimum atomic E-state index is -0.463. The van der Waals surface area contributed by atoms with Crippen LogP contribution in [0.4, 0.5) is 5.69 Å². The van der Waals surface area contributed by atoms with Gasteiger partial charge in [0.1, 0.15) is 0 Å². The fraction of sp³-hybridized carbons (Fsp3) is 0.615. The number of nitrogens with one attached hydrogen (secondary N) is 1. The van der Waals surface area contributed by atoms with Crippen LogP contribution < -0.4 is 5.32 Å². The highest BCUT2D eigenvalue weighted by Gasteiger charge is 2.24. The van der Waals surface area contributed by atoms with Crippen molar-refractivity contribution in [3.05, 3.63) is 25.9 Å². The van der Waals surface area contributed by atoms with Crippen molar-refractivity contribution < 1.29 is 14.8 Å². The largest absolute Gasteiger partial charge is 0.396 e. The SMILES string of the molecule is Cc1sc(C(=O)NC2CCC(CO)CC2)cc1[N+](=O)[O-]. The first-order chi connectivity index (χ1) is 9.51. The van der Waals surface area contributed by atoms with Crippen LogP contribution in [0, 0.1) is 23.0 Å². The average Bonchev–Trinajstić information content (AvgIpc) is 2.82. The molecule has 1 saturated carbocycles. The van der Waals surface area contributed by atoms with Crippen LogP contribution in [0.15, 0.2) is 6.07 Å². The van der Waals surface area contributed by atoms with E-state index in [1.54, 1.807) is 6.92 Å². The first-order valence-electron chi connectivity index (χ1n) is 6.67. The van der Waals surface area contributed by atoms with E-state index in [-0.39, 0.29) is 24.2 Å². The summed E-state index contributed by atoms with van der Waals surface area (Å²) < 4.78 is 0. The third-order valence-electron chi connectivity index (χ3n) is 3.75. The van der Waals surface area contributed by atoms with Crippen LogP contribution in [0.1, 0.15) is 40.2 Å². The molecule has 2 rings (SSSR count). The lowest BCUT2D eigenvalue weighted by Crippen LogP contribution is -2.37. The van der Waals surface area contributed by atoms with Gasteiger partial charge in [0.25, 0.3) is 11.6 Å². The van der Waals surface area contributed by atoms with Gasteiger partial charge in [0.05, 0.1) is 14.7 Å². The Morgan fingerprint density at radius 3 is 2.65 bits per heavy atom. The van der Waals surface area contributed by atoms with E-state index in [0.29, 0.717) is 15.7 Å². The number of thiophene rings is 1. The van der Waals surface area contributed by atoms with Crippen LogP contribution in [-0.2, 0) is 0 Å². The molecule has 110 valence electrons. The Morgan fingerprint density at radius 2 is 2.15 bits per heavy atom. The van der Waals surface area contributed by atoms with Crippen molar-refractivity contribution in [1.82, 2.24) is 5.32 Å². The number of hydrogen-bond donors (Lipinski definition) is 2. The molecule has 20 heavy (non-hydrogen) atoms. The van der Waals surface area contributed by atoms with Crippen molar-refractivity contribution in [2.75, 3.05) is 6.61 Å². The molecule has 1 aromatic rings. The van der Waals surface area contributed by atoms with Crippen LogP contribution in [0.25, 0.3) is 0 Å². The van der Waals surface area contributed by atoms with E-state index in [1.807, 2.05) is 0 Å². The van der Waals surface area contributed by atoms with Gasteiger partial charge >= 0.3 is 0 Å². The lowest BCUT2D eigenvalue weighted by atomic mass is 9.86. The molecular weight excluding hydrogens is 280 g/mol. The summed E-state index contributed by atoms with van der Waals surface area (Å²) in [7, 11) is 0. The van der Waals surface area contributed by atoms with E-state index < -0.39 is 4.92 Å². The first kappa shape index (κ1) is 14.9. The molecule has 0 atom stereocenters. The lowest BCUT2D eigenvalue weighted by molar-refractivity contribution is -0.385. The molecule has 0 radical (unpaired) electrons. The van der Waals surface area contributed by atoms with E-state index in [0.717, 1.165) is 37.0 Å². The van der Waals surface area contributed by atoms with Gasteiger partial charge in [-0.25, -0.2) is 0 Å². The van der Waals surface area contributed by atoms with Crippen LogP contribution in [0.2, 0.25) is 0 Å². The van der Waals surface area contributed by atoms with Gasteiger partial charge in [-0.3, -0.25) is 14.9 Å². The van der Waals surface area contributed by atoms with Crippen LogP contribution in [-0.4, -0.2) is 28.6 Å². The summed E-state index contributed by atoms with van der Waals surface area (Å²) in [5.41, 5.74) is 0.00383. The summed E-state index contributed by atoms with van der Waals surface area (Å²) in [6, 6.07) is 1.45. The molecule has 1 aliphatic carbocycles. The number of aryl methyl sites for hydroxylation is 1. The summed E-state index contributed by atoms with van der Waals surface area (Å²) in [6.07, 6.45) is 3.52. The first-order valence-corrected chi connectivity index (χ1v) is 7.49. The van der Waals surface area contributed by atoms with E-state index in [1.165, 1.54) is 6.07 Å². The molecule has 0 spiro atoms. The minimum absolute atomic E-state index is 0.00383. The minimum Gasteiger partial charge on any atom is -0.396 e. The topological polar surface area (TPSA) is 92.5 Å². The molecule has 0 aromatic carbocycles. The van der Waals surface area contributed by atoms with Gasteiger partial charge in [-0.1, -0.05) is 0 Å². The summed E-state index contributed by atoms with van der Waals surface area (Å²) >= 11 is 1.15. The Morgan fingerprint density at radius 1 is 1.50 bits per heavy atom. The molecule has 0 unspecified atom stereocenters. The number of rotatable bonds is 4. The van der Waals surface area contributed by atoms with E-state index in [2.05, 4.69) is 5.32 Å². The fourth-order valence-corrected chi connectivity index (χ4v) is 3.40. The summed E-state index contributed by atoms with van der Waals surface area (Å²) in [4.78, 5) is 23.3. The second kappa shape index (κ2) is 6.32. The molecule has 1 fully saturated rings. The number of nitrogens with zero attached hydrogens (tertiary/aromatic N) is 1. The van der Waals surface area contributed by atoms with E-state index in [9.17, 15) is 14.9 Å². The lowest BCUT2D eigenvalue weighted by Gasteiger charge is -2.27. The Bertz CT molecular complexity index is 506. The molecule has 1 amide bonds. The number of amides is 1. The van der Waals surface area contributed by atoms with Crippen molar-refractivity contribution in [3.63, 3.8) is 0 Å². The van der Waals surface area contributed by atoms with Crippen LogP contribution in [0.5, 0.6) is 0 Å².